The molecule has 4 rings (SSSR count). The number of hydrogen-bond donors (Lipinski definition) is 1. The van der Waals surface area contributed by atoms with E-state index in [1.807, 2.05) is 17.7 Å². The van der Waals surface area contributed by atoms with E-state index in [-0.39, 0.29) is 0 Å². The first-order chi connectivity index (χ1) is 11.3. The number of anilines is 1. The van der Waals surface area contributed by atoms with E-state index >= 15 is 0 Å². The number of rotatable bonds is 4. The van der Waals surface area contributed by atoms with E-state index in [2.05, 4.69) is 44.5 Å². The third-order valence-corrected chi connectivity index (χ3v) is 3.77. The summed E-state index contributed by atoms with van der Waals surface area (Å²) in [5.74, 6) is 0.745. The van der Waals surface area contributed by atoms with E-state index in [1.54, 1.807) is 25.2 Å². The van der Waals surface area contributed by atoms with E-state index in [4.69, 9.17) is 4.42 Å². The van der Waals surface area contributed by atoms with Crippen LogP contribution in [0.1, 0.15) is 5.56 Å². The first kappa shape index (κ1) is 13.5. The van der Waals surface area contributed by atoms with Crippen LogP contribution in [0.5, 0.6) is 0 Å². The van der Waals surface area contributed by atoms with Gasteiger partial charge in [0, 0.05) is 19.2 Å². The maximum atomic E-state index is 5.11. The summed E-state index contributed by atoms with van der Waals surface area (Å²) in [6.45, 7) is 0.675. The Kier molecular flexibility index (Phi) is 3.27. The van der Waals surface area contributed by atoms with Gasteiger partial charge in [-0.15, -0.1) is 0 Å². The van der Waals surface area contributed by atoms with Crippen LogP contribution < -0.4 is 5.32 Å². The zero-order chi connectivity index (χ0) is 15.6. The fraction of sp³-hybridized carbons (Fsp3) is 0.118. The molecule has 0 amide bonds. The van der Waals surface area contributed by atoms with E-state index < -0.39 is 0 Å². The number of aryl methyl sites for hydroxylation is 1. The second-order valence-corrected chi connectivity index (χ2v) is 5.31. The van der Waals surface area contributed by atoms with Crippen LogP contribution in [-0.2, 0) is 13.6 Å². The molecule has 3 aromatic heterocycles. The van der Waals surface area contributed by atoms with Crippen molar-refractivity contribution >= 4 is 17.0 Å². The van der Waals surface area contributed by atoms with Gasteiger partial charge >= 0.3 is 0 Å². The molecule has 6 nitrogen and oxygen atoms in total. The molecule has 0 bridgehead atoms. The van der Waals surface area contributed by atoms with Crippen LogP contribution in [0.2, 0.25) is 0 Å². The first-order valence-electron chi connectivity index (χ1n) is 7.28. The monoisotopic (exact) mass is 305 g/mol. The molecule has 1 aromatic carbocycles. The fourth-order valence-electron chi connectivity index (χ4n) is 2.50. The number of nitrogens with one attached hydrogen (secondary N) is 1. The lowest BCUT2D eigenvalue weighted by molar-refractivity contribution is 0.568. The number of benzene rings is 1. The van der Waals surface area contributed by atoms with Gasteiger partial charge < -0.3 is 14.3 Å². The minimum absolute atomic E-state index is 0.675. The minimum Gasteiger partial charge on any atom is -0.472 e. The Hall–Kier alpha value is -3.15. The van der Waals surface area contributed by atoms with Crippen molar-refractivity contribution in [1.29, 1.82) is 0 Å². The molecule has 0 radical (unpaired) electrons. The lowest BCUT2D eigenvalue weighted by Gasteiger charge is -2.07. The van der Waals surface area contributed by atoms with E-state index in [1.165, 1.54) is 5.56 Å². The maximum absolute atomic E-state index is 5.11. The average molecular weight is 305 g/mol. The molecule has 0 spiro atoms. The van der Waals surface area contributed by atoms with Crippen molar-refractivity contribution < 1.29 is 4.42 Å². The Labute approximate surface area is 132 Å². The van der Waals surface area contributed by atoms with Gasteiger partial charge in [-0.05, 0) is 17.2 Å². The molecule has 6 heteroatoms. The summed E-state index contributed by atoms with van der Waals surface area (Å²) in [7, 11) is 1.92. The molecule has 3 heterocycles. The Bertz CT molecular complexity index is 925. The topological polar surface area (TPSA) is 68.8 Å². The highest BCUT2D eigenvalue weighted by Crippen LogP contribution is 2.21. The second kappa shape index (κ2) is 5.57. The predicted molar refractivity (Wildman–Crippen MR) is 87.8 cm³/mol. The summed E-state index contributed by atoms with van der Waals surface area (Å²) >= 11 is 0. The van der Waals surface area contributed by atoms with Crippen molar-refractivity contribution in [2.75, 3.05) is 5.32 Å². The molecule has 23 heavy (non-hydrogen) atoms. The number of fused-ring (bicyclic) bond motifs is 1. The zero-order valence-corrected chi connectivity index (χ0v) is 12.6. The van der Waals surface area contributed by atoms with Crippen molar-refractivity contribution in [1.82, 2.24) is 19.5 Å². The molecule has 0 aliphatic rings. The van der Waals surface area contributed by atoms with Gasteiger partial charge in [-0.1, -0.05) is 24.3 Å². The zero-order valence-electron chi connectivity index (χ0n) is 12.6. The van der Waals surface area contributed by atoms with Crippen LogP contribution in [0.4, 0.5) is 5.82 Å². The number of imidazole rings is 1. The lowest BCUT2D eigenvalue weighted by atomic mass is 10.1. The third kappa shape index (κ3) is 2.55. The molecule has 0 atom stereocenters. The Balaban J connectivity index is 1.52. The number of furan rings is 1. The predicted octanol–water partition coefficient (Wildman–Crippen LogP) is 3.24. The Morgan fingerprint density at radius 2 is 1.91 bits per heavy atom. The molecule has 0 fully saturated rings. The van der Waals surface area contributed by atoms with Gasteiger partial charge in [0.25, 0.3) is 0 Å². The molecule has 0 aliphatic heterocycles. The minimum atomic E-state index is 0.675. The van der Waals surface area contributed by atoms with Crippen LogP contribution in [0.25, 0.3) is 22.3 Å². The van der Waals surface area contributed by atoms with E-state index in [0.29, 0.717) is 6.54 Å². The average Bonchev–Trinajstić information content (AvgIpc) is 3.24. The number of nitrogens with zero attached hydrogens (tertiary/aromatic N) is 4. The Morgan fingerprint density at radius 3 is 2.70 bits per heavy atom. The van der Waals surface area contributed by atoms with Gasteiger partial charge in [-0.3, -0.25) is 0 Å². The van der Waals surface area contributed by atoms with E-state index in [0.717, 1.165) is 28.1 Å². The third-order valence-electron chi connectivity index (χ3n) is 3.77. The van der Waals surface area contributed by atoms with E-state index in [9.17, 15) is 0 Å². The summed E-state index contributed by atoms with van der Waals surface area (Å²) in [4.78, 5) is 12.9. The normalized spacial score (nSPS) is 11.0. The molecule has 1 N–H and O–H groups in total. The molecule has 0 aliphatic carbocycles. The van der Waals surface area contributed by atoms with Crippen LogP contribution in [0.3, 0.4) is 0 Å². The largest absolute Gasteiger partial charge is 0.472 e. The van der Waals surface area contributed by atoms with Gasteiger partial charge in [0.1, 0.15) is 11.8 Å². The number of aromatic nitrogens is 4. The van der Waals surface area contributed by atoms with Gasteiger partial charge in [0.15, 0.2) is 11.5 Å². The van der Waals surface area contributed by atoms with Crippen LogP contribution in [0, 0.1) is 0 Å². The summed E-state index contributed by atoms with van der Waals surface area (Å²) in [6, 6.07) is 10.3. The summed E-state index contributed by atoms with van der Waals surface area (Å²) < 4.78 is 6.99. The van der Waals surface area contributed by atoms with Crippen LogP contribution in [-0.4, -0.2) is 19.5 Å². The van der Waals surface area contributed by atoms with Crippen molar-refractivity contribution in [3.05, 3.63) is 61.1 Å². The maximum Gasteiger partial charge on any atom is 0.165 e. The summed E-state index contributed by atoms with van der Waals surface area (Å²) in [5, 5.41) is 3.33. The summed E-state index contributed by atoms with van der Waals surface area (Å²) in [6.07, 6.45) is 6.71. The first-order valence-corrected chi connectivity index (χ1v) is 7.28. The number of hydrogen-bond acceptors (Lipinski definition) is 5. The molecule has 0 saturated carbocycles. The van der Waals surface area contributed by atoms with Gasteiger partial charge in [0.2, 0.25) is 0 Å². The molecular formula is C17H15N5O. The van der Waals surface area contributed by atoms with Crippen molar-refractivity contribution in [2.45, 2.75) is 6.54 Å². The smallest absolute Gasteiger partial charge is 0.165 e. The standard InChI is InChI=1S/C17H15N5O/c1-22-11-21-15-16(19-10-20-17(15)22)18-8-12-2-4-13(5-3-12)14-6-7-23-9-14/h2-7,9-11H,8H2,1H3,(H,18,19,20). The van der Waals surface area contributed by atoms with Crippen LogP contribution in [0.15, 0.2) is 59.9 Å². The highest BCUT2D eigenvalue weighted by molar-refractivity contribution is 5.82. The van der Waals surface area contributed by atoms with Crippen molar-refractivity contribution in [3.63, 3.8) is 0 Å². The molecule has 0 unspecified atom stereocenters. The lowest BCUT2D eigenvalue weighted by Crippen LogP contribution is -2.03. The summed E-state index contributed by atoms with van der Waals surface area (Å²) in [5.41, 5.74) is 4.98. The molecule has 114 valence electrons. The molecule has 0 saturated heterocycles. The van der Waals surface area contributed by atoms with Gasteiger partial charge in [0.05, 0.1) is 18.9 Å². The molecular weight excluding hydrogens is 290 g/mol. The fourth-order valence-corrected chi connectivity index (χ4v) is 2.50. The Morgan fingerprint density at radius 1 is 1.04 bits per heavy atom. The highest BCUT2D eigenvalue weighted by Gasteiger charge is 2.08. The second-order valence-electron chi connectivity index (χ2n) is 5.31. The molecule has 4 aromatic rings. The highest BCUT2D eigenvalue weighted by atomic mass is 16.3. The quantitative estimate of drug-likeness (QED) is 0.627. The van der Waals surface area contributed by atoms with Crippen molar-refractivity contribution in [2.24, 2.45) is 7.05 Å². The SMILES string of the molecule is Cn1cnc2c(NCc3ccc(-c4ccoc4)cc3)ncnc21. The van der Waals surface area contributed by atoms with Gasteiger partial charge in [-0.2, -0.15) is 0 Å². The van der Waals surface area contributed by atoms with Crippen molar-refractivity contribution in [3.8, 4) is 11.1 Å². The van der Waals surface area contributed by atoms with Gasteiger partial charge in [-0.25, -0.2) is 15.0 Å². The van der Waals surface area contributed by atoms with Crippen LogP contribution >= 0.6 is 0 Å².